The molecule has 110 valence electrons. The van der Waals surface area contributed by atoms with Crippen LogP contribution in [0.5, 0.6) is 0 Å². The number of H-pyrrole nitrogens is 1. The molecule has 4 rings (SSSR count). The topological polar surface area (TPSA) is 70.7 Å². The summed E-state index contributed by atoms with van der Waals surface area (Å²) in [6.45, 7) is 0.417. The first-order chi connectivity index (χ1) is 10.8. The maximum Gasteiger partial charge on any atom is 0.253 e. The lowest BCUT2D eigenvalue weighted by atomic mass is 10.1. The number of nitrogens with zero attached hydrogens (tertiary/aromatic N) is 2. The molecule has 0 aliphatic heterocycles. The van der Waals surface area contributed by atoms with Gasteiger partial charge in [-0.15, -0.1) is 0 Å². The van der Waals surface area contributed by atoms with E-state index in [-0.39, 0.29) is 5.91 Å². The standard InChI is InChI=1S/C17H16N4O/c22-17(14-9-18-15-4-2-1-3-13(14)15)19-8-12-7-16(11-5-6-11)21-10-20-12/h1-4,7,9-11,18H,5-6,8H2,(H,19,22). The van der Waals surface area contributed by atoms with Crippen molar-refractivity contribution >= 4 is 16.8 Å². The third-order valence-corrected chi connectivity index (χ3v) is 4.00. The van der Waals surface area contributed by atoms with Crippen molar-refractivity contribution in [3.05, 3.63) is 59.8 Å². The molecule has 5 heteroatoms. The van der Waals surface area contributed by atoms with Crippen LogP contribution in [0.4, 0.5) is 0 Å². The van der Waals surface area contributed by atoms with Crippen LogP contribution >= 0.6 is 0 Å². The predicted molar refractivity (Wildman–Crippen MR) is 83.5 cm³/mol. The summed E-state index contributed by atoms with van der Waals surface area (Å²) in [5.74, 6) is 0.495. The Labute approximate surface area is 127 Å². The van der Waals surface area contributed by atoms with Gasteiger partial charge in [0.25, 0.3) is 5.91 Å². The van der Waals surface area contributed by atoms with Crippen LogP contribution in [0.2, 0.25) is 0 Å². The molecule has 2 aromatic heterocycles. The third kappa shape index (κ3) is 2.45. The van der Waals surface area contributed by atoms with Crippen molar-refractivity contribution in [2.24, 2.45) is 0 Å². The number of aromatic amines is 1. The van der Waals surface area contributed by atoms with E-state index in [9.17, 15) is 4.79 Å². The van der Waals surface area contributed by atoms with Crippen molar-refractivity contribution in [3.63, 3.8) is 0 Å². The number of nitrogens with one attached hydrogen (secondary N) is 2. The molecule has 1 aliphatic rings. The van der Waals surface area contributed by atoms with Gasteiger partial charge in [-0.1, -0.05) is 18.2 Å². The molecule has 2 N–H and O–H groups in total. The number of hydrogen-bond donors (Lipinski definition) is 2. The number of aromatic nitrogens is 3. The van der Waals surface area contributed by atoms with Crippen molar-refractivity contribution in [3.8, 4) is 0 Å². The number of hydrogen-bond acceptors (Lipinski definition) is 3. The fourth-order valence-corrected chi connectivity index (χ4v) is 2.64. The molecule has 0 saturated heterocycles. The molecule has 5 nitrogen and oxygen atoms in total. The van der Waals surface area contributed by atoms with Gasteiger partial charge in [-0.2, -0.15) is 0 Å². The second-order valence-electron chi connectivity index (χ2n) is 5.64. The summed E-state index contributed by atoms with van der Waals surface area (Å²) in [4.78, 5) is 24.0. The van der Waals surface area contributed by atoms with Crippen LogP contribution in [0.1, 0.15) is 40.5 Å². The minimum Gasteiger partial charge on any atom is -0.360 e. The van der Waals surface area contributed by atoms with Crippen LogP contribution in [0.3, 0.4) is 0 Å². The van der Waals surface area contributed by atoms with E-state index >= 15 is 0 Å². The molecule has 2 heterocycles. The Bertz CT molecular complexity index is 835. The van der Waals surface area contributed by atoms with Crippen molar-refractivity contribution in [2.75, 3.05) is 0 Å². The molecule has 1 fully saturated rings. The van der Waals surface area contributed by atoms with Gasteiger partial charge in [0.15, 0.2) is 0 Å². The maximum atomic E-state index is 12.3. The number of fused-ring (bicyclic) bond motifs is 1. The Balaban J connectivity index is 1.49. The van der Waals surface area contributed by atoms with Gasteiger partial charge in [0.2, 0.25) is 0 Å². The maximum absolute atomic E-state index is 12.3. The molecule has 1 aromatic carbocycles. The lowest BCUT2D eigenvalue weighted by molar-refractivity contribution is 0.0952. The Morgan fingerprint density at radius 3 is 3.00 bits per heavy atom. The second kappa shape index (κ2) is 5.26. The zero-order valence-corrected chi connectivity index (χ0v) is 12.0. The zero-order chi connectivity index (χ0) is 14.9. The summed E-state index contributed by atoms with van der Waals surface area (Å²) in [6, 6.07) is 9.77. The van der Waals surface area contributed by atoms with Gasteiger partial charge >= 0.3 is 0 Å². The summed E-state index contributed by atoms with van der Waals surface area (Å²) in [5.41, 5.74) is 3.56. The van der Waals surface area contributed by atoms with Crippen LogP contribution in [0.15, 0.2) is 42.9 Å². The quantitative estimate of drug-likeness (QED) is 0.776. The molecule has 0 atom stereocenters. The van der Waals surface area contributed by atoms with Crippen LogP contribution in [0.25, 0.3) is 10.9 Å². The zero-order valence-electron chi connectivity index (χ0n) is 12.0. The first kappa shape index (κ1) is 13.0. The van der Waals surface area contributed by atoms with Crippen molar-refractivity contribution in [1.29, 1.82) is 0 Å². The van der Waals surface area contributed by atoms with E-state index in [0.717, 1.165) is 22.3 Å². The van der Waals surface area contributed by atoms with Crippen molar-refractivity contribution in [1.82, 2.24) is 20.3 Å². The molecule has 1 saturated carbocycles. The molecule has 0 bridgehead atoms. The van der Waals surface area contributed by atoms with Crippen LogP contribution in [-0.4, -0.2) is 20.9 Å². The first-order valence-corrected chi connectivity index (χ1v) is 7.46. The van der Waals surface area contributed by atoms with Gasteiger partial charge in [-0.25, -0.2) is 9.97 Å². The van der Waals surface area contributed by atoms with Gasteiger partial charge in [0.05, 0.1) is 17.8 Å². The Morgan fingerprint density at radius 1 is 1.27 bits per heavy atom. The molecule has 1 amide bonds. The van der Waals surface area contributed by atoms with Gasteiger partial charge in [0, 0.05) is 28.7 Å². The Morgan fingerprint density at radius 2 is 2.14 bits per heavy atom. The summed E-state index contributed by atoms with van der Waals surface area (Å²) < 4.78 is 0. The minimum absolute atomic E-state index is 0.0935. The number of benzene rings is 1. The van der Waals surface area contributed by atoms with E-state index in [1.807, 2.05) is 30.3 Å². The Hall–Kier alpha value is -2.69. The van der Waals surface area contributed by atoms with Gasteiger partial charge in [-0.3, -0.25) is 4.79 Å². The summed E-state index contributed by atoms with van der Waals surface area (Å²) in [5, 5.41) is 3.86. The van der Waals surface area contributed by atoms with Gasteiger partial charge < -0.3 is 10.3 Å². The van der Waals surface area contributed by atoms with E-state index in [0.29, 0.717) is 18.0 Å². The highest BCUT2D eigenvalue weighted by Gasteiger charge is 2.25. The summed E-state index contributed by atoms with van der Waals surface area (Å²) >= 11 is 0. The van der Waals surface area contributed by atoms with Crippen LogP contribution in [0, 0.1) is 0 Å². The van der Waals surface area contributed by atoms with Crippen LogP contribution < -0.4 is 5.32 Å². The fraction of sp³-hybridized carbons (Fsp3) is 0.235. The largest absolute Gasteiger partial charge is 0.360 e. The van der Waals surface area contributed by atoms with E-state index in [1.165, 1.54) is 12.8 Å². The fourth-order valence-electron chi connectivity index (χ4n) is 2.64. The van der Waals surface area contributed by atoms with Crippen molar-refractivity contribution in [2.45, 2.75) is 25.3 Å². The Kier molecular flexibility index (Phi) is 3.11. The molecule has 0 unspecified atom stereocenters. The minimum atomic E-state index is -0.0935. The second-order valence-corrected chi connectivity index (χ2v) is 5.64. The van der Waals surface area contributed by atoms with Gasteiger partial charge in [0.1, 0.15) is 6.33 Å². The highest BCUT2D eigenvalue weighted by Crippen LogP contribution is 2.38. The van der Waals surface area contributed by atoms with E-state index in [1.54, 1.807) is 12.5 Å². The number of amides is 1. The molecule has 3 aromatic rings. The summed E-state index contributed by atoms with van der Waals surface area (Å²) in [6.07, 6.45) is 5.74. The molecule has 0 radical (unpaired) electrons. The average Bonchev–Trinajstić information content (AvgIpc) is 3.32. The third-order valence-electron chi connectivity index (χ3n) is 4.00. The lowest BCUT2D eigenvalue weighted by Crippen LogP contribution is -2.23. The number of para-hydroxylation sites is 1. The average molecular weight is 292 g/mol. The highest BCUT2D eigenvalue weighted by atomic mass is 16.1. The normalized spacial score (nSPS) is 14.2. The van der Waals surface area contributed by atoms with Crippen LogP contribution in [-0.2, 0) is 6.54 Å². The van der Waals surface area contributed by atoms with E-state index < -0.39 is 0 Å². The first-order valence-electron chi connectivity index (χ1n) is 7.46. The lowest BCUT2D eigenvalue weighted by Gasteiger charge is -2.05. The molecule has 1 aliphatic carbocycles. The molecular formula is C17H16N4O. The van der Waals surface area contributed by atoms with E-state index in [2.05, 4.69) is 20.3 Å². The molecular weight excluding hydrogens is 276 g/mol. The number of carbonyl (C=O) groups is 1. The van der Waals surface area contributed by atoms with E-state index in [4.69, 9.17) is 0 Å². The molecule has 22 heavy (non-hydrogen) atoms. The van der Waals surface area contributed by atoms with Crippen molar-refractivity contribution < 1.29 is 4.79 Å². The number of rotatable bonds is 4. The van der Waals surface area contributed by atoms with Gasteiger partial charge in [-0.05, 0) is 25.0 Å². The summed E-state index contributed by atoms with van der Waals surface area (Å²) in [7, 11) is 0. The number of carbonyl (C=O) groups excluding carboxylic acids is 1. The highest BCUT2D eigenvalue weighted by molar-refractivity contribution is 6.06. The monoisotopic (exact) mass is 292 g/mol. The predicted octanol–water partition coefficient (Wildman–Crippen LogP) is 2.77. The SMILES string of the molecule is O=C(NCc1cc(C2CC2)ncn1)c1c[nH]c2ccccc12. The smallest absolute Gasteiger partial charge is 0.253 e. The molecule has 0 spiro atoms.